The highest BCUT2D eigenvalue weighted by molar-refractivity contribution is 7.09. The highest BCUT2D eigenvalue weighted by Crippen LogP contribution is 2.36. The van der Waals surface area contributed by atoms with E-state index < -0.39 is 0 Å². The number of rotatable bonds is 5. The Kier molecular flexibility index (Phi) is 4.40. The number of aryl methyl sites for hydroxylation is 1. The van der Waals surface area contributed by atoms with E-state index in [0.717, 1.165) is 29.1 Å². The van der Waals surface area contributed by atoms with Crippen LogP contribution in [-0.4, -0.2) is 35.8 Å². The molecule has 2 aromatic rings. The van der Waals surface area contributed by atoms with Crippen molar-refractivity contribution < 1.29 is 14.6 Å². The first-order valence-corrected chi connectivity index (χ1v) is 8.23. The van der Waals surface area contributed by atoms with Crippen molar-refractivity contribution in [1.82, 2.24) is 4.98 Å². The minimum absolute atomic E-state index is 0.0176. The third-order valence-electron chi connectivity index (χ3n) is 3.54. The van der Waals surface area contributed by atoms with Gasteiger partial charge in [-0.15, -0.1) is 11.3 Å². The van der Waals surface area contributed by atoms with Gasteiger partial charge in [-0.25, -0.2) is 4.98 Å². The van der Waals surface area contributed by atoms with Gasteiger partial charge in [0.1, 0.15) is 5.75 Å². The second kappa shape index (κ2) is 6.46. The molecular formula is C16H18N2O3S. The van der Waals surface area contributed by atoms with Gasteiger partial charge in [0, 0.05) is 17.5 Å². The third-order valence-corrected chi connectivity index (χ3v) is 4.45. The fourth-order valence-corrected chi connectivity index (χ4v) is 3.39. The summed E-state index contributed by atoms with van der Waals surface area (Å²) in [4.78, 5) is 18.2. The number of benzene rings is 1. The molecule has 5 nitrogen and oxygen atoms in total. The number of nitrogens with zero attached hydrogens (tertiary/aromatic N) is 2. The van der Waals surface area contributed by atoms with Crippen molar-refractivity contribution in [2.24, 2.45) is 0 Å². The fraction of sp³-hybridized carbons (Fsp3) is 0.375. The van der Waals surface area contributed by atoms with Crippen molar-refractivity contribution in [3.8, 4) is 17.0 Å². The van der Waals surface area contributed by atoms with Gasteiger partial charge in [-0.05, 0) is 31.0 Å². The molecular weight excluding hydrogens is 300 g/mol. The molecule has 0 spiro atoms. The van der Waals surface area contributed by atoms with E-state index in [9.17, 15) is 4.79 Å². The van der Waals surface area contributed by atoms with E-state index in [4.69, 9.17) is 9.84 Å². The number of carbonyl (C=O) groups is 1. The number of ether oxygens (including phenoxy) is 1. The molecule has 22 heavy (non-hydrogen) atoms. The summed E-state index contributed by atoms with van der Waals surface area (Å²) in [5.41, 5.74) is 2.57. The van der Waals surface area contributed by atoms with Gasteiger partial charge < -0.3 is 14.7 Å². The second-order valence-corrected chi connectivity index (χ2v) is 6.06. The Bertz CT molecular complexity index is 684. The van der Waals surface area contributed by atoms with Crippen molar-refractivity contribution in [3.05, 3.63) is 28.6 Å². The number of hydrogen-bond donors (Lipinski definition) is 1. The van der Waals surface area contributed by atoms with Crippen molar-refractivity contribution in [2.45, 2.75) is 19.8 Å². The Morgan fingerprint density at radius 1 is 1.45 bits per heavy atom. The van der Waals surface area contributed by atoms with Crippen LogP contribution in [0.3, 0.4) is 0 Å². The van der Waals surface area contributed by atoms with Crippen LogP contribution in [0.2, 0.25) is 0 Å². The van der Waals surface area contributed by atoms with Gasteiger partial charge in [-0.2, -0.15) is 0 Å². The first-order valence-electron chi connectivity index (χ1n) is 7.35. The van der Waals surface area contributed by atoms with Gasteiger partial charge >= 0.3 is 0 Å². The quantitative estimate of drug-likeness (QED) is 0.920. The number of aliphatic hydroxyl groups is 1. The van der Waals surface area contributed by atoms with Crippen LogP contribution in [0.25, 0.3) is 11.3 Å². The van der Waals surface area contributed by atoms with Gasteiger partial charge in [-0.1, -0.05) is 6.92 Å². The Morgan fingerprint density at radius 3 is 3.09 bits per heavy atom. The van der Waals surface area contributed by atoms with Crippen molar-refractivity contribution in [2.75, 3.05) is 24.7 Å². The first-order chi connectivity index (χ1) is 10.7. The first kappa shape index (κ1) is 15.0. The van der Waals surface area contributed by atoms with Crippen molar-refractivity contribution >= 4 is 22.9 Å². The lowest BCUT2D eigenvalue weighted by atomic mass is 10.1. The number of hydrogen-bond acceptors (Lipinski definition) is 5. The highest BCUT2D eigenvalue weighted by Gasteiger charge is 2.25. The van der Waals surface area contributed by atoms with E-state index in [1.54, 1.807) is 16.2 Å². The van der Waals surface area contributed by atoms with E-state index >= 15 is 0 Å². The monoisotopic (exact) mass is 318 g/mol. The fourth-order valence-electron chi connectivity index (χ4n) is 2.48. The topological polar surface area (TPSA) is 62.7 Å². The van der Waals surface area contributed by atoms with E-state index in [1.807, 2.05) is 23.6 Å². The molecule has 0 saturated carbocycles. The van der Waals surface area contributed by atoms with E-state index in [0.29, 0.717) is 11.4 Å². The third kappa shape index (κ3) is 2.84. The predicted octanol–water partition coefficient (Wildman–Crippen LogP) is 2.48. The number of aromatic nitrogens is 1. The summed E-state index contributed by atoms with van der Waals surface area (Å²) in [7, 11) is 0. The lowest BCUT2D eigenvalue weighted by molar-refractivity contribution is -0.121. The van der Waals surface area contributed by atoms with E-state index in [-0.39, 0.29) is 25.7 Å². The van der Waals surface area contributed by atoms with Crippen LogP contribution in [0.15, 0.2) is 23.6 Å². The normalized spacial score (nSPS) is 13.9. The maximum absolute atomic E-state index is 12.0. The van der Waals surface area contributed by atoms with Gasteiger partial charge in [0.05, 0.1) is 23.0 Å². The molecule has 0 fully saturated rings. The SMILES string of the molecule is CCCc1nc(-c2ccc3c(c2)N(CCO)C(=O)CO3)cs1. The Labute approximate surface area is 133 Å². The maximum Gasteiger partial charge on any atom is 0.265 e. The molecule has 116 valence electrons. The standard InChI is InChI=1S/C16H18N2O3S/c1-2-3-15-17-12(10-22-15)11-4-5-14-13(8-11)18(6-7-19)16(20)9-21-14/h4-5,8,10,19H,2-3,6-7,9H2,1H3. The lowest BCUT2D eigenvalue weighted by Crippen LogP contribution is -2.40. The molecule has 0 aliphatic carbocycles. The molecule has 0 radical (unpaired) electrons. The van der Waals surface area contributed by atoms with E-state index in [2.05, 4.69) is 11.9 Å². The Morgan fingerprint density at radius 2 is 2.32 bits per heavy atom. The molecule has 3 rings (SSSR count). The molecule has 6 heteroatoms. The van der Waals surface area contributed by atoms with Crippen LogP contribution in [0, 0.1) is 0 Å². The smallest absolute Gasteiger partial charge is 0.265 e. The number of carbonyl (C=O) groups excluding carboxylic acids is 1. The van der Waals surface area contributed by atoms with Gasteiger partial charge in [0.25, 0.3) is 5.91 Å². The van der Waals surface area contributed by atoms with Crippen LogP contribution < -0.4 is 9.64 Å². The summed E-state index contributed by atoms with van der Waals surface area (Å²) in [6, 6.07) is 5.73. The molecule has 0 saturated heterocycles. The molecule has 1 aliphatic rings. The molecule has 0 bridgehead atoms. The van der Waals surface area contributed by atoms with Gasteiger partial charge in [-0.3, -0.25) is 4.79 Å². The molecule has 1 amide bonds. The number of aliphatic hydroxyl groups excluding tert-OH is 1. The minimum atomic E-state index is -0.136. The van der Waals surface area contributed by atoms with Crippen LogP contribution in [0.4, 0.5) is 5.69 Å². The largest absolute Gasteiger partial charge is 0.482 e. The maximum atomic E-state index is 12.0. The van der Waals surface area contributed by atoms with E-state index in [1.165, 1.54) is 0 Å². The minimum Gasteiger partial charge on any atom is -0.482 e. The average Bonchev–Trinajstić information content (AvgIpc) is 2.99. The summed E-state index contributed by atoms with van der Waals surface area (Å²) in [6.45, 7) is 2.35. The van der Waals surface area contributed by atoms with Crippen molar-refractivity contribution in [1.29, 1.82) is 0 Å². The number of β-amino-alcohol motifs (C(OH)–C–C–N with tert-alkyl or cyclic N) is 1. The Balaban J connectivity index is 1.96. The molecule has 0 atom stereocenters. The number of amides is 1. The van der Waals surface area contributed by atoms with Crippen LogP contribution in [-0.2, 0) is 11.2 Å². The molecule has 1 N–H and O–H groups in total. The van der Waals surface area contributed by atoms with Crippen LogP contribution in [0.1, 0.15) is 18.4 Å². The molecule has 1 aromatic carbocycles. The number of thiazole rings is 1. The van der Waals surface area contributed by atoms with Crippen molar-refractivity contribution in [3.63, 3.8) is 0 Å². The van der Waals surface area contributed by atoms with Gasteiger partial charge in [0.15, 0.2) is 6.61 Å². The molecule has 1 aliphatic heterocycles. The molecule has 0 unspecified atom stereocenters. The second-order valence-electron chi connectivity index (χ2n) is 5.12. The number of fused-ring (bicyclic) bond motifs is 1. The molecule has 1 aromatic heterocycles. The zero-order chi connectivity index (χ0) is 15.5. The summed E-state index contributed by atoms with van der Waals surface area (Å²) >= 11 is 1.66. The summed E-state index contributed by atoms with van der Waals surface area (Å²) in [5.74, 6) is 0.532. The lowest BCUT2D eigenvalue weighted by Gasteiger charge is -2.29. The van der Waals surface area contributed by atoms with Crippen LogP contribution >= 0.6 is 11.3 Å². The predicted molar refractivity (Wildman–Crippen MR) is 86.5 cm³/mol. The highest BCUT2D eigenvalue weighted by atomic mass is 32.1. The summed E-state index contributed by atoms with van der Waals surface area (Å²) < 4.78 is 5.46. The number of anilines is 1. The summed E-state index contributed by atoms with van der Waals surface area (Å²) in [6.07, 6.45) is 2.05. The molecule has 2 heterocycles. The average molecular weight is 318 g/mol. The zero-order valence-corrected chi connectivity index (χ0v) is 13.2. The van der Waals surface area contributed by atoms with Gasteiger partial charge in [0.2, 0.25) is 0 Å². The Hall–Kier alpha value is -1.92. The van der Waals surface area contributed by atoms with Crippen LogP contribution in [0.5, 0.6) is 5.75 Å². The zero-order valence-electron chi connectivity index (χ0n) is 12.4. The summed E-state index contributed by atoms with van der Waals surface area (Å²) in [5, 5.41) is 12.3.